The first-order chi connectivity index (χ1) is 12.7. The SMILES string of the molecule is O=C(CN1C(=O)/C(=C\c2cccs2)SC1=S)Nc1cccc(C(F)(F)F)c1. The lowest BCUT2D eigenvalue weighted by molar-refractivity contribution is -0.137. The van der Waals surface area contributed by atoms with Gasteiger partial charge in [-0.15, -0.1) is 11.3 Å². The van der Waals surface area contributed by atoms with Crippen molar-refractivity contribution >= 4 is 63.2 Å². The summed E-state index contributed by atoms with van der Waals surface area (Å²) in [5.41, 5.74) is -0.876. The third kappa shape index (κ3) is 4.76. The zero-order valence-electron chi connectivity index (χ0n) is 13.4. The molecule has 0 bridgehead atoms. The molecule has 2 aromatic rings. The first-order valence-corrected chi connectivity index (χ1v) is 9.60. The third-order valence-electron chi connectivity index (χ3n) is 3.47. The number of halogens is 3. The number of nitrogens with one attached hydrogen (secondary N) is 1. The van der Waals surface area contributed by atoms with E-state index >= 15 is 0 Å². The fraction of sp³-hybridized carbons (Fsp3) is 0.118. The molecular weight excluding hydrogens is 417 g/mol. The minimum atomic E-state index is -4.51. The van der Waals surface area contributed by atoms with Crippen LogP contribution in [0.4, 0.5) is 18.9 Å². The normalized spacial score (nSPS) is 16.3. The summed E-state index contributed by atoms with van der Waals surface area (Å²) < 4.78 is 38.5. The number of thiocarbonyl (C=S) groups is 1. The van der Waals surface area contributed by atoms with Crippen LogP contribution in [0.1, 0.15) is 10.4 Å². The molecule has 0 unspecified atom stereocenters. The summed E-state index contributed by atoms with van der Waals surface area (Å²) in [5, 5.41) is 4.23. The van der Waals surface area contributed by atoms with Crippen LogP contribution < -0.4 is 5.32 Å². The van der Waals surface area contributed by atoms with E-state index in [2.05, 4.69) is 5.32 Å². The van der Waals surface area contributed by atoms with Gasteiger partial charge in [-0.2, -0.15) is 13.2 Å². The average molecular weight is 428 g/mol. The maximum atomic E-state index is 12.7. The molecule has 2 heterocycles. The van der Waals surface area contributed by atoms with Crippen LogP contribution in [0.15, 0.2) is 46.7 Å². The van der Waals surface area contributed by atoms with Crippen LogP contribution >= 0.6 is 35.3 Å². The van der Waals surface area contributed by atoms with Crippen LogP contribution in [0.2, 0.25) is 0 Å². The molecule has 1 aromatic heterocycles. The van der Waals surface area contributed by atoms with Crippen molar-refractivity contribution in [3.05, 3.63) is 57.1 Å². The van der Waals surface area contributed by atoms with Gasteiger partial charge in [0.1, 0.15) is 10.9 Å². The minimum Gasteiger partial charge on any atom is -0.325 e. The van der Waals surface area contributed by atoms with Gasteiger partial charge in [-0.05, 0) is 35.7 Å². The monoisotopic (exact) mass is 428 g/mol. The van der Waals surface area contributed by atoms with Crippen molar-refractivity contribution in [1.82, 2.24) is 4.90 Å². The Morgan fingerprint density at radius 3 is 2.70 bits per heavy atom. The van der Waals surface area contributed by atoms with E-state index in [9.17, 15) is 22.8 Å². The first-order valence-electron chi connectivity index (χ1n) is 7.50. The number of thioether (sulfide) groups is 1. The Bertz CT molecular complexity index is 924. The maximum Gasteiger partial charge on any atom is 0.416 e. The predicted octanol–water partition coefficient (Wildman–Crippen LogP) is 4.61. The highest BCUT2D eigenvalue weighted by Crippen LogP contribution is 2.33. The van der Waals surface area contributed by atoms with E-state index in [0.717, 1.165) is 33.7 Å². The summed E-state index contributed by atoms with van der Waals surface area (Å²) in [6.45, 7) is -0.372. The molecule has 3 rings (SSSR count). The largest absolute Gasteiger partial charge is 0.416 e. The van der Waals surface area contributed by atoms with Crippen LogP contribution in [0.25, 0.3) is 6.08 Å². The second-order valence-electron chi connectivity index (χ2n) is 5.41. The maximum absolute atomic E-state index is 12.7. The van der Waals surface area contributed by atoms with Gasteiger partial charge in [-0.25, -0.2) is 0 Å². The summed E-state index contributed by atoms with van der Waals surface area (Å²) >= 11 is 7.68. The fourth-order valence-corrected chi connectivity index (χ4v) is 4.23. The second-order valence-corrected chi connectivity index (χ2v) is 8.07. The molecule has 0 radical (unpaired) electrons. The van der Waals surface area contributed by atoms with Crippen LogP contribution in [0.5, 0.6) is 0 Å². The van der Waals surface area contributed by atoms with Crippen LogP contribution in [-0.4, -0.2) is 27.6 Å². The molecule has 1 saturated heterocycles. The molecule has 0 aliphatic carbocycles. The van der Waals surface area contributed by atoms with E-state index in [0.29, 0.717) is 4.91 Å². The van der Waals surface area contributed by atoms with Gasteiger partial charge in [0, 0.05) is 10.6 Å². The van der Waals surface area contributed by atoms with Crippen LogP contribution in [-0.2, 0) is 15.8 Å². The number of anilines is 1. The topological polar surface area (TPSA) is 49.4 Å². The molecule has 1 aliphatic heterocycles. The number of alkyl halides is 3. The van der Waals surface area contributed by atoms with Gasteiger partial charge in [0.15, 0.2) is 0 Å². The molecule has 1 aromatic carbocycles. The van der Waals surface area contributed by atoms with Crippen molar-refractivity contribution in [2.45, 2.75) is 6.18 Å². The van der Waals surface area contributed by atoms with Crippen LogP contribution in [0, 0.1) is 0 Å². The standard InChI is InChI=1S/C17H11F3N2O2S3/c18-17(19,20)10-3-1-4-11(7-10)21-14(23)9-22-15(24)13(27-16(22)25)8-12-5-2-6-26-12/h1-8H,9H2,(H,21,23)/b13-8+. The average Bonchev–Trinajstić information content (AvgIpc) is 3.19. The second kappa shape index (κ2) is 7.83. The number of nitrogens with zero attached hydrogens (tertiary/aromatic N) is 1. The first kappa shape index (κ1) is 19.6. The van der Waals surface area contributed by atoms with Gasteiger partial charge in [0.05, 0.1) is 10.5 Å². The summed E-state index contributed by atoms with van der Waals surface area (Å²) in [6.07, 6.45) is -2.82. The molecule has 1 fully saturated rings. The number of amides is 2. The molecule has 1 aliphatic rings. The summed E-state index contributed by atoms with van der Waals surface area (Å²) in [7, 11) is 0. The van der Waals surface area contributed by atoms with E-state index in [1.54, 1.807) is 6.08 Å². The number of carbonyl (C=O) groups is 2. The predicted molar refractivity (Wildman–Crippen MR) is 104 cm³/mol. The van der Waals surface area contributed by atoms with Crippen molar-refractivity contribution < 1.29 is 22.8 Å². The molecule has 140 valence electrons. The lowest BCUT2D eigenvalue weighted by Crippen LogP contribution is -2.36. The minimum absolute atomic E-state index is 0.00519. The Kier molecular flexibility index (Phi) is 5.68. The van der Waals surface area contributed by atoms with Crippen LogP contribution in [0.3, 0.4) is 0 Å². The van der Waals surface area contributed by atoms with E-state index in [1.807, 2.05) is 17.5 Å². The Balaban J connectivity index is 1.68. The molecule has 27 heavy (non-hydrogen) atoms. The summed E-state index contributed by atoms with van der Waals surface area (Å²) in [6, 6.07) is 7.97. The number of thiophene rings is 1. The van der Waals surface area contributed by atoms with E-state index in [-0.39, 0.29) is 16.6 Å². The Morgan fingerprint density at radius 2 is 2.04 bits per heavy atom. The van der Waals surface area contributed by atoms with E-state index < -0.39 is 23.6 Å². The molecule has 2 amide bonds. The van der Waals surface area contributed by atoms with Gasteiger partial charge >= 0.3 is 6.18 Å². The van der Waals surface area contributed by atoms with Crippen molar-refractivity contribution in [3.63, 3.8) is 0 Å². The molecule has 0 spiro atoms. The quantitative estimate of drug-likeness (QED) is 0.571. The molecule has 0 atom stereocenters. The van der Waals surface area contributed by atoms with E-state index in [4.69, 9.17) is 12.2 Å². The molecule has 0 saturated carbocycles. The number of hydrogen-bond donors (Lipinski definition) is 1. The van der Waals surface area contributed by atoms with Gasteiger partial charge in [0.2, 0.25) is 5.91 Å². The van der Waals surface area contributed by atoms with Gasteiger partial charge in [0.25, 0.3) is 5.91 Å². The highest BCUT2D eigenvalue weighted by Gasteiger charge is 2.34. The Morgan fingerprint density at radius 1 is 1.26 bits per heavy atom. The Labute approximate surface area is 166 Å². The number of rotatable bonds is 4. The third-order valence-corrected chi connectivity index (χ3v) is 5.66. The summed E-state index contributed by atoms with van der Waals surface area (Å²) in [4.78, 5) is 27.0. The molecule has 4 nitrogen and oxygen atoms in total. The summed E-state index contributed by atoms with van der Waals surface area (Å²) in [5.74, 6) is -1.04. The van der Waals surface area contributed by atoms with Crippen molar-refractivity contribution in [1.29, 1.82) is 0 Å². The molecule has 1 N–H and O–H groups in total. The Hall–Kier alpha value is -2.17. The lowest BCUT2D eigenvalue weighted by Gasteiger charge is -2.15. The van der Waals surface area contributed by atoms with E-state index in [1.165, 1.54) is 23.5 Å². The highest BCUT2D eigenvalue weighted by atomic mass is 32.2. The number of carbonyl (C=O) groups excluding carboxylic acids is 2. The van der Waals surface area contributed by atoms with Crippen molar-refractivity contribution in [2.75, 3.05) is 11.9 Å². The van der Waals surface area contributed by atoms with Crippen molar-refractivity contribution in [3.8, 4) is 0 Å². The fourth-order valence-electron chi connectivity index (χ4n) is 2.26. The number of benzene rings is 1. The highest BCUT2D eigenvalue weighted by molar-refractivity contribution is 8.26. The zero-order chi connectivity index (χ0) is 19.6. The van der Waals surface area contributed by atoms with Gasteiger partial charge in [-0.3, -0.25) is 14.5 Å². The van der Waals surface area contributed by atoms with Gasteiger partial charge < -0.3 is 5.32 Å². The lowest BCUT2D eigenvalue weighted by atomic mass is 10.2. The molecule has 10 heteroatoms. The van der Waals surface area contributed by atoms with Crippen molar-refractivity contribution in [2.24, 2.45) is 0 Å². The van der Waals surface area contributed by atoms with Gasteiger partial charge in [-0.1, -0.05) is 36.1 Å². The smallest absolute Gasteiger partial charge is 0.325 e. The molecular formula is C17H11F3N2O2S3. The zero-order valence-corrected chi connectivity index (χ0v) is 15.9. The number of hydrogen-bond acceptors (Lipinski definition) is 5.